The van der Waals surface area contributed by atoms with Gasteiger partial charge in [-0.3, -0.25) is 14.9 Å². The molecule has 2 rings (SSSR count). The lowest BCUT2D eigenvalue weighted by Gasteiger charge is -2.29. The molecule has 1 aromatic rings. The highest BCUT2D eigenvalue weighted by molar-refractivity contribution is 5.85. The molecule has 1 aromatic carbocycles. The molecule has 7 nitrogen and oxygen atoms in total. The highest BCUT2D eigenvalue weighted by Gasteiger charge is 2.29. The van der Waals surface area contributed by atoms with Gasteiger partial charge in [-0.25, -0.2) is 0 Å². The van der Waals surface area contributed by atoms with Crippen molar-refractivity contribution in [2.75, 3.05) is 20.3 Å². The van der Waals surface area contributed by atoms with Crippen molar-refractivity contribution in [3.63, 3.8) is 0 Å². The Morgan fingerprint density at radius 2 is 2.04 bits per heavy atom. The van der Waals surface area contributed by atoms with Crippen LogP contribution < -0.4 is 5.73 Å². The minimum Gasteiger partial charge on any atom is -0.381 e. The smallest absolute Gasteiger partial charge is 0.274 e. The second-order valence-electron chi connectivity index (χ2n) is 5.56. The SMILES string of the molecule is CN(Cc1ccccc1[N+](=O)[O-])C(=O)C(N)C1CCOCC1.Cl. The Hall–Kier alpha value is -1.70. The summed E-state index contributed by atoms with van der Waals surface area (Å²) in [5.41, 5.74) is 6.58. The number of carbonyl (C=O) groups excluding carboxylic acids is 1. The molecule has 0 saturated carbocycles. The summed E-state index contributed by atoms with van der Waals surface area (Å²) in [5.74, 6) is -0.0838. The van der Waals surface area contributed by atoms with Gasteiger partial charge >= 0.3 is 0 Å². The van der Waals surface area contributed by atoms with Crippen LogP contribution in [0.5, 0.6) is 0 Å². The van der Waals surface area contributed by atoms with Gasteiger partial charge in [-0.15, -0.1) is 12.4 Å². The molecule has 0 aromatic heterocycles. The molecule has 2 N–H and O–H groups in total. The van der Waals surface area contributed by atoms with Crippen molar-refractivity contribution < 1.29 is 14.5 Å². The van der Waals surface area contributed by atoms with Crippen LogP contribution in [-0.2, 0) is 16.1 Å². The molecule has 0 bridgehead atoms. The Bertz CT molecular complexity index is 549. The highest BCUT2D eigenvalue weighted by Crippen LogP contribution is 2.22. The normalized spacial score (nSPS) is 16.3. The third kappa shape index (κ3) is 4.89. The van der Waals surface area contributed by atoms with Crippen molar-refractivity contribution in [3.8, 4) is 0 Å². The maximum absolute atomic E-state index is 12.4. The number of carbonyl (C=O) groups is 1. The number of para-hydroxylation sites is 1. The lowest BCUT2D eigenvalue weighted by molar-refractivity contribution is -0.385. The van der Waals surface area contributed by atoms with E-state index >= 15 is 0 Å². The van der Waals surface area contributed by atoms with E-state index in [1.807, 2.05) is 0 Å². The van der Waals surface area contributed by atoms with Gasteiger partial charge in [0.05, 0.1) is 17.5 Å². The Kier molecular flexibility index (Phi) is 7.41. The predicted octanol–water partition coefficient (Wildman–Crippen LogP) is 1.73. The Morgan fingerprint density at radius 3 is 2.65 bits per heavy atom. The molecule has 0 spiro atoms. The van der Waals surface area contributed by atoms with E-state index < -0.39 is 11.0 Å². The van der Waals surface area contributed by atoms with Gasteiger partial charge in [-0.1, -0.05) is 18.2 Å². The van der Waals surface area contributed by atoms with Gasteiger partial charge in [0.25, 0.3) is 5.69 Å². The Morgan fingerprint density at radius 1 is 1.43 bits per heavy atom. The minimum atomic E-state index is -0.586. The molecule has 0 radical (unpaired) electrons. The molecule has 128 valence electrons. The molecule has 23 heavy (non-hydrogen) atoms. The molecule has 1 atom stereocenters. The van der Waals surface area contributed by atoms with E-state index in [2.05, 4.69) is 0 Å². The van der Waals surface area contributed by atoms with Crippen molar-refractivity contribution in [1.82, 2.24) is 4.90 Å². The molecule has 1 unspecified atom stereocenters. The second kappa shape index (κ2) is 8.81. The number of hydrogen-bond acceptors (Lipinski definition) is 5. The van der Waals surface area contributed by atoms with Crippen molar-refractivity contribution in [3.05, 3.63) is 39.9 Å². The first-order valence-corrected chi connectivity index (χ1v) is 7.31. The first-order valence-electron chi connectivity index (χ1n) is 7.31. The molecule has 1 fully saturated rings. The number of rotatable bonds is 5. The van der Waals surface area contributed by atoms with Gasteiger partial charge in [-0.2, -0.15) is 0 Å². The number of halogens is 1. The Balaban J connectivity index is 0.00000264. The quantitative estimate of drug-likeness (QED) is 0.648. The number of ether oxygens (including phenoxy) is 1. The van der Waals surface area contributed by atoms with Crippen molar-refractivity contribution in [1.29, 1.82) is 0 Å². The number of nitrogens with two attached hydrogens (primary N) is 1. The van der Waals surface area contributed by atoms with Crippen LogP contribution in [0.4, 0.5) is 5.69 Å². The first kappa shape index (κ1) is 19.3. The lowest BCUT2D eigenvalue weighted by atomic mass is 9.91. The fraction of sp³-hybridized carbons (Fsp3) is 0.533. The van der Waals surface area contributed by atoms with Crippen LogP contribution in [0.2, 0.25) is 0 Å². The number of nitro groups is 1. The van der Waals surface area contributed by atoms with Crippen molar-refractivity contribution in [2.24, 2.45) is 11.7 Å². The average molecular weight is 344 g/mol. The number of nitrogens with zero attached hydrogens (tertiary/aromatic N) is 2. The van der Waals surface area contributed by atoms with E-state index in [0.29, 0.717) is 18.8 Å². The van der Waals surface area contributed by atoms with Gasteiger partial charge in [0.15, 0.2) is 0 Å². The molecular formula is C15H22ClN3O4. The monoisotopic (exact) mass is 343 g/mol. The second-order valence-corrected chi connectivity index (χ2v) is 5.56. The molecule has 1 aliphatic heterocycles. The standard InChI is InChI=1S/C15H21N3O4.ClH/c1-17(10-12-4-2-3-5-13(12)18(20)21)15(19)14(16)11-6-8-22-9-7-11;/h2-5,11,14H,6-10,16H2,1H3;1H. The first-order chi connectivity index (χ1) is 10.5. The van der Waals surface area contributed by atoms with Gasteiger partial charge in [-0.05, 0) is 18.8 Å². The molecule has 1 amide bonds. The van der Waals surface area contributed by atoms with Crippen LogP contribution in [0.3, 0.4) is 0 Å². The summed E-state index contributed by atoms with van der Waals surface area (Å²) in [6.07, 6.45) is 1.54. The summed E-state index contributed by atoms with van der Waals surface area (Å²) in [4.78, 5) is 24.5. The zero-order valence-corrected chi connectivity index (χ0v) is 13.8. The van der Waals surface area contributed by atoms with E-state index in [-0.39, 0.29) is 36.5 Å². The molecular weight excluding hydrogens is 322 g/mol. The molecule has 1 saturated heterocycles. The zero-order valence-electron chi connectivity index (χ0n) is 13.0. The third-order valence-corrected chi connectivity index (χ3v) is 4.03. The molecule has 1 heterocycles. The largest absolute Gasteiger partial charge is 0.381 e. The highest BCUT2D eigenvalue weighted by atomic mass is 35.5. The van der Waals surface area contributed by atoms with Crippen LogP contribution >= 0.6 is 12.4 Å². The van der Waals surface area contributed by atoms with Crippen LogP contribution in [0.15, 0.2) is 24.3 Å². The average Bonchev–Trinajstić information content (AvgIpc) is 2.54. The van der Waals surface area contributed by atoms with Gasteiger partial charge in [0, 0.05) is 31.9 Å². The maximum Gasteiger partial charge on any atom is 0.274 e. The number of benzene rings is 1. The lowest BCUT2D eigenvalue weighted by Crippen LogP contribution is -2.47. The molecule has 0 aliphatic carbocycles. The fourth-order valence-corrected chi connectivity index (χ4v) is 2.69. The summed E-state index contributed by atoms with van der Waals surface area (Å²) in [6, 6.07) is 5.83. The predicted molar refractivity (Wildman–Crippen MR) is 88.3 cm³/mol. The van der Waals surface area contributed by atoms with E-state index in [0.717, 1.165) is 12.8 Å². The maximum atomic E-state index is 12.4. The molecule has 8 heteroatoms. The Labute approximate surface area is 141 Å². The van der Waals surface area contributed by atoms with Crippen molar-refractivity contribution in [2.45, 2.75) is 25.4 Å². The summed E-state index contributed by atoms with van der Waals surface area (Å²) < 4.78 is 5.27. The summed E-state index contributed by atoms with van der Waals surface area (Å²) in [7, 11) is 1.62. The number of amides is 1. The van der Waals surface area contributed by atoms with Gasteiger partial charge < -0.3 is 15.4 Å². The number of nitro benzene ring substituents is 1. The summed E-state index contributed by atoms with van der Waals surface area (Å²) >= 11 is 0. The van der Waals surface area contributed by atoms with E-state index in [4.69, 9.17) is 10.5 Å². The van der Waals surface area contributed by atoms with Crippen LogP contribution in [-0.4, -0.2) is 42.0 Å². The van der Waals surface area contributed by atoms with Gasteiger partial charge in [0.2, 0.25) is 5.91 Å². The fourth-order valence-electron chi connectivity index (χ4n) is 2.69. The summed E-state index contributed by atoms with van der Waals surface area (Å²) in [6.45, 7) is 1.42. The number of hydrogen-bond donors (Lipinski definition) is 1. The third-order valence-electron chi connectivity index (χ3n) is 4.03. The van der Waals surface area contributed by atoms with E-state index in [1.165, 1.54) is 11.0 Å². The molecule has 1 aliphatic rings. The zero-order chi connectivity index (χ0) is 16.1. The van der Waals surface area contributed by atoms with Crippen LogP contribution in [0, 0.1) is 16.0 Å². The van der Waals surface area contributed by atoms with E-state index in [1.54, 1.807) is 25.2 Å². The van der Waals surface area contributed by atoms with Gasteiger partial charge in [0.1, 0.15) is 0 Å². The van der Waals surface area contributed by atoms with Crippen LogP contribution in [0.25, 0.3) is 0 Å². The van der Waals surface area contributed by atoms with Crippen molar-refractivity contribution >= 4 is 24.0 Å². The number of likely N-dealkylation sites (N-methyl/N-ethyl adjacent to an activating group) is 1. The topological polar surface area (TPSA) is 98.7 Å². The minimum absolute atomic E-state index is 0. The van der Waals surface area contributed by atoms with E-state index in [9.17, 15) is 14.9 Å². The summed E-state index contributed by atoms with van der Waals surface area (Å²) in [5, 5.41) is 11.0. The van der Waals surface area contributed by atoms with Crippen LogP contribution in [0.1, 0.15) is 18.4 Å².